The van der Waals surface area contributed by atoms with Crippen molar-refractivity contribution in [2.45, 2.75) is 26.7 Å². The summed E-state index contributed by atoms with van der Waals surface area (Å²) in [6, 6.07) is 0. The highest BCUT2D eigenvalue weighted by Crippen LogP contribution is 2.03. The number of rotatable bonds is 4. The van der Waals surface area contributed by atoms with Crippen LogP contribution in [-0.4, -0.2) is 0 Å². The Morgan fingerprint density at radius 3 is 2.55 bits per heavy atom. The Hall–Kier alpha value is -0.980. The first-order valence-electron chi connectivity index (χ1n) is 3.96. The molecule has 0 atom stereocenters. The summed E-state index contributed by atoms with van der Waals surface area (Å²) in [5, 5.41) is 0. The Bertz CT molecular complexity index is 175. The number of allylic oxidation sites excluding steroid dienone is 4. The lowest BCUT2D eigenvalue weighted by Crippen LogP contribution is -1.90. The van der Waals surface area contributed by atoms with Crippen molar-refractivity contribution in [3.63, 3.8) is 0 Å². The first kappa shape index (κ1) is 10.0. The molecule has 0 rings (SSSR count). The van der Waals surface area contributed by atoms with Crippen molar-refractivity contribution in [1.82, 2.24) is 0 Å². The second kappa shape index (κ2) is 5.78. The maximum Gasteiger partial charge on any atom is 0.0308 e. The van der Waals surface area contributed by atoms with Gasteiger partial charge in [-0.2, -0.15) is 0 Å². The van der Waals surface area contributed by atoms with E-state index >= 15 is 0 Å². The van der Waals surface area contributed by atoms with Crippen molar-refractivity contribution < 1.29 is 0 Å². The van der Waals surface area contributed by atoms with E-state index in [4.69, 9.17) is 5.73 Å². The van der Waals surface area contributed by atoms with Crippen LogP contribution >= 0.6 is 0 Å². The average molecular weight is 151 g/mol. The summed E-state index contributed by atoms with van der Waals surface area (Å²) >= 11 is 0. The van der Waals surface area contributed by atoms with Crippen molar-refractivity contribution >= 4 is 0 Å². The Kier molecular flexibility index (Phi) is 5.26. The smallest absolute Gasteiger partial charge is 0.0308 e. The molecule has 0 radical (unpaired) electrons. The molecule has 0 aromatic carbocycles. The van der Waals surface area contributed by atoms with Crippen LogP contribution in [0.15, 0.2) is 36.1 Å². The van der Waals surface area contributed by atoms with Crippen molar-refractivity contribution in [3.8, 4) is 0 Å². The molecular formula is C10H17N. The number of hydrogen-bond donors (Lipinski definition) is 1. The third-order valence-corrected chi connectivity index (χ3v) is 1.44. The first-order valence-corrected chi connectivity index (χ1v) is 3.96. The zero-order valence-electron chi connectivity index (χ0n) is 7.43. The summed E-state index contributed by atoms with van der Waals surface area (Å²) in [4.78, 5) is 0. The Labute approximate surface area is 69.3 Å². The van der Waals surface area contributed by atoms with Gasteiger partial charge in [-0.05, 0) is 25.5 Å². The van der Waals surface area contributed by atoms with Crippen LogP contribution in [-0.2, 0) is 0 Å². The van der Waals surface area contributed by atoms with E-state index in [1.807, 2.05) is 12.2 Å². The Balaban J connectivity index is 3.99. The van der Waals surface area contributed by atoms with Gasteiger partial charge in [-0.3, -0.25) is 0 Å². The second-order valence-corrected chi connectivity index (χ2v) is 2.63. The van der Waals surface area contributed by atoms with Gasteiger partial charge in [-0.1, -0.05) is 31.6 Å². The van der Waals surface area contributed by atoms with Crippen LogP contribution in [0.2, 0.25) is 0 Å². The summed E-state index contributed by atoms with van der Waals surface area (Å²) < 4.78 is 0. The van der Waals surface area contributed by atoms with Gasteiger partial charge >= 0.3 is 0 Å². The van der Waals surface area contributed by atoms with Gasteiger partial charge in [0, 0.05) is 5.70 Å². The number of hydrogen-bond acceptors (Lipinski definition) is 1. The average Bonchev–Trinajstić information content (AvgIpc) is 2.01. The molecule has 1 nitrogen and oxygen atoms in total. The maximum absolute atomic E-state index is 5.52. The zero-order chi connectivity index (χ0) is 8.69. The van der Waals surface area contributed by atoms with Crippen LogP contribution in [0.3, 0.4) is 0 Å². The lowest BCUT2D eigenvalue weighted by molar-refractivity contribution is 0.905. The SMILES string of the molecule is C=C/C(N)=C\C=C(/C)CCC. The lowest BCUT2D eigenvalue weighted by Gasteiger charge is -1.94. The monoisotopic (exact) mass is 151 g/mol. The van der Waals surface area contributed by atoms with Gasteiger partial charge in [-0.25, -0.2) is 0 Å². The highest BCUT2D eigenvalue weighted by molar-refractivity contribution is 5.21. The van der Waals surface area contributed by atoms with Gasteiger partial charge in [0.25, 0.3) is 0 Å². The maximum atomic E-state index is 5.52. The third kappa shape index (κ3) is 5.46. The predicted molar refractivity (Wildman–Crippen MR) is 51.1 cm³/mol. The molecule has 0 unspecified atom stereocenters. The van der Waals surface area contributed by atoms with E-state index in [9.17, 15) is 0 Å². The molecule has 0 fully saturated rings. The van der Waals surface area contributed by atoms with Gasteiger partial charge in [0.15, 0.2) is 0 Å². The van der Waals surface area contributed by atoms with E-state index in [1.54, 1.807) is 6.08 Å². The fraction of sp³-hybridized carbons (Fsp3) is 0.400. The summed E-state index contributed by atoms with van der Waals surface area (Å²) in [7, 11) is 0. The minimum Gasteiger partial charge on any atom is -0.399 e. The van der Waals surface area contributed by atoms with E-state index in [1.165, 1.54) is 12.0 Å². The molecule has 0 aromatic rings. The quantitative estimate of drug-likeness (QED) is 0.614. The van der Waals surface area contributed by atoms with E-state index in [0.29, 0.717) is 0 Å². The molecule has 0 aliphatic carbocycles. The van der Waals surface area contributed by atoms with Crippen LogP contribution in [0, 0.1) is 0 Å². The van der Waals surface area contributed by atoms with Crippen LogP contribution in [0.4, 0.5) is 0 Å². The van der Waals surface area contributed by atoms with Crippen molar-refractivity contribution in [2.75, 3.05) is 0 Å². The summed E-state index contributed by atoms with van der Waals surface area (Å²) in [5.41, 5.74) is 7.60. The highest BCUT2D eigenvalue weighted by Gasteiger charge is 1.84. The van der Waals surface area contributed by atoms with Crippen molar-refractivity contribution in [3.05, 3.63) is 36.1 Å². The number of nitrogens with two attached hydrogens (primary N) is 1. The van der Waals surface area contributed by atoms with Crippen molar-refractivity contribution in [1.29, 1.82) is 0 Å². The van der Waals surface area contributed by atoms with Crippen LogP contribution in [0.5, 0.6) is 0 Å². The van der Waals surface area contributed by atoms with Crippen molar-refractivity contribution in [2.24, 2.45) is 5.73 Å². The van der Waals surface area contributed by atoms with Crippen LogP contribution < -0.4 is 5.73 Å². The van der Waals surface area contributed by atoms with Crippen LogP contribution in [0.25, 0.3) is 0 Å². The zero-order valence-corrected chi connectivity index (χ0v) is 7.43. The predicted octanol–water partition coefficient (Wildman–Crippen LogP) is 2.76. The minimum absolute atomic E-state index is 0.723. The molecule has 0 aliphatic heterocycles. The standard InChI is InChI=1S/C10H17N/c1-4-6-9(3)7-8-10(11)5-2/h5,7-8H,2,4,6,11H2,1,3H3/b9-7+,10-8+. The molecule has 0 spiro atoms. The molecule has 0 aromatic heterocycles. The Morgan fingerprint density at radius 2 is 2.09 bits per heavy atom. The minimum atomic E-state index is 0.723. The highest BCUT2D eigenvalue weighted by atomic mass is 14.5. The molecular weight excluding hydrogens is 134 g/mol. The summed E-state index contributed by atoms with van der Waals surface area (Å²) in [5.74, 6) is 0. The molecule has 0 bridgehead atoms. The molecule has 0 heterocycles. The summed E-state index contributed by atoms with van der Waals surface area (Å²) in [6.45, 7) is 7.83. The molecule has 62 valence electrons. The first-order chi connectivity index (χ1) is 5.20. The van der Waals surface area contributed by atoms with Gasteiger partial charge in [0.2, 0.25) is 0 Å². The fourth-order valence-electron chi connectivity index (χ4n) is 0.784. The largest absolute Gasteiger partial charge is 0.399 e. The molecule has 0 saturated carbocycles. The Morgan fingerprint density at radius 1 is 1.45 bits per heavy atom. The molecule has 11 heavy (non-hydrogen) atoms. The van der Waals surface area contributed by atoms with Gasteiger partial charge in [-0.15, -0.1) is 0 Å². The van der Waals surface area contributed by atoms with Gasteiger partial charge in [0.05, 0.1) is 0 Å². The third-order valence-electron chi connectivity index (χ3n) is 1.44. The van der Waals surface area contributed by atoms with Gasteiger partial charge < -0.3 is 5.73 Å². The van der Waals surface area contributed by atoms with E-state index in [0.717, 1.165) is 12.1 Å². The lowest BCUT2D eigenvalue weighted by atomic mass is 10.1. The van der Waals surface area contributed by atoms with E-state index < -0.39 is 0 Å². The molecule has 0 amide bonds. The molecule has 1 heteroatoms. The van der Waals surface area contributed by atoms with E-state index in [2.05, 4.69) is 20.4 Å². The van der Waals surface area contributed by atoms with Gasteiger partial charge in [0.1, 0.15) is 0 Å². The fourth-order valence-corrected chi connectivity index (χ4v) is 0.784. The molecule has 0 aliphatic rings. The van der Waals surface area contributed by atoms with E-state index in [-0.39, 0.29) is 0 Å². The molecule has 0 saturated heterocycles. The topological polar surface area (TPSA) is 26.0 Å². The second-order valence-electron chi connectivity index (χ2n) is 2.63. The normalized spacial score (nSPS) is 13.3. The van der Waals surface area contributed by atoms with Crippen LogP contribution in [0.1, 0.15) is 26.7 Å². The molecule has 2 N–H and O–H groups in total. The summed E-state index contributed by atoms with van der Waals surface area (Å²) in [6.07, 6.45) is 7.90.